The summed E-state index contributed by atoms with van der Waals surface area (Å²) in [5, 5.41) is 21.4. The lowest BCUT2D eigenvalue weighted by atomic mass is 10.1. The molecular formula is C15H11ClN2O2. The Hall–Kier alpha value is -2.51. The molecule has 2 aromatic rings. The molecule has 100 valence electrons. The molecule has 20 heavy (non-hydrogen) atoms. The highest BCUT2D eigenvalue weighted by Gasteiger charge is 2.20. The van der Waals surface area contributed by atoms with Gasteiger partial charge in [0.15, 0.2) is 6.04 Å². The number of carboxylic acid groups (broad SMARTS) is 1. The van der Waals surface area contributed by atoms with Gasteiger partial charge in [-0.1, -0.05) is 41.9 Å². The number of benzene rings is 2. The van der Waals surface area contributed by atoms with Gasteiger partial charge in [-0.15, -0.1) is 0 Å². The molecule has 2 N–H and O–H groups in total. The van der Waals surface area contributed by atoms with Crippen LogP contribution in [0.2, 0.25) is 5.02 Å². The second-order valence-corrected chi connectivity index (χ2v) is 4.54. The van der Waals surface area contributed by atoms with Crippen LogP contribution in [0.5, 0.6) is 0 Å². The number of nitrogens with one attached hydrogen (secondary N) is 1. The van der Waals surface area contributed by atoms with Crippen LogP contribution in [0.1, 0.15) is 17.2 Å². The summed E-state index contributed by atoms with van der Waals surface area (Å²) >= 11 is 6.02. The molecule has 0 aliphatic carbocycles. The number of anilines is 1. The second-order valence-electron chi connectivity index (χ2n) is 4.13. The molecule has 0 spiro atoms. The van der Waals surface area contributed by atoms with Crippen molar-refractivity contribution in [2.45, 2.75) is 6.04 Å². The standard InChI is InChI=1S/C15H11ClN2O2/c16-12-7-6-10(9-17)8-13(12)18-14(15(19)20)11-4-2-1-3-5-11/h1-8,14,18H,(H,19,20). The Morgan fingerprint density at radius 3 is 2.55 bits per heavy atom. The Bertz CT molecular complexity index is 665. The summed E-state index contributed by atoms with van der Waals surface area (Å²) in [6.07, 6.45) is 0. The van der Waals surface area contributed by atoms with Crippen molar-refractivity contribution >= 4 is 23.3 Å². The maximum Gasteiger partial charge on any atom is 0.330 e. The maximum absolute atomic E-state index is 11.4. The fourth-order valence-corrected chi connectivity index (χ4v) is 1.97. The van der Waals surface area contributed by atoms with E-state index in [1.54, 1.807) is 36.4 Å². The first-order valence-corrected chi connectivity index (χ1v) is 6.23. The highest BCUT2D eigenvalue weighted by molar-refractivity contribution is 6.33. The Balaban J connectivity index is 2.35. The lowest BCUT2D eigenvalue weighted by Gasteiger charge is -2.17. The van der Waals surface area contributed by atoms with Gasteiger partial charge in [-0.2, -0.15) is 5.26 Å². The van der Waals surface area contributed by atoms with Crippen molar-refractivity contribution in [1.29, 1.82) is 5.26 Å². The zero-order chi connectivity index (χ0) is 14.5. The fraction of sp³-hybridized carbons (Fsp3) is 0.0667. The van der Waals surface area contributed by atoms with Crippen molar-refractivity contribution < 1.29 is 9.90 Å². The van der Waals surface area contributed by atoms with Crippen molar-refractivity contribution in [3.05, 3.63) is 64.7 Å². The highest BCUT2D eigenvalue weighted by atomic mass is 35.5. The Morgan fingerprint density at radius 1 is 1.25 bits per heavy atom. The lowest BCUT2D eigenvalue weighted by molar-refractivity contribution is -0.138. The molecule has 0 saturated heterocycles. The molecule has 0 fully saturated rings. The summed E-state index contributed by atoms with van der Waals surface area (Å²) in [4.78, 5) is 11.4. The smallest absolute Gasteiger partial charge is 0.330 e. The quantitative estimate of drug-likeness (QED) is 0.903. The van der Waals surface area contributed by atoms with E-state index in [-0.39, 0.29) is 0 Å². The van der Waals surface area contributed by atoms with Crippen LogP contribution in [0.25, 0.3) is 0 Å². The van der Waals surface area contributed by atoms with Gasteiger partial charge in [0, 0.05) is 0 Å². The van der Waals surface area contributed by atoms with E-state index in [4.69, 9.17) is 16.9 Å². The number of carbonyl (C=O) groups is 1. The van der Waals surface area contributed by atoms with Gasteiger partial charge in [-0.05, 0) is 23.8 Å². The van der Waals surface area contributed by atoms with Crippen molar-refractivity contribution in [3.8, 4) is 6.07 Å². The molecule has 0 radical (unpaired) electrons. The second kappa shape index (κ2) is 6.09. The van der Waals surface area contributed by atoms with Crippen LogP contribution < -0.4 is 5.32 Å². The van der Waals surface area contributed by atoms with Gasteiger partial charge in [0.1, 0.15) is 0 Å². The van der Waals surface area contributed by atoms with Gasteiger partial charge in [0.2, 0.25) is 0 Å². The predicted octanol–water partition coefficient (Wildman–Crippen LogP) is 3.45. The van der Waals surface area contributed by atoms with E-state index in [1.165, 1.54) is 6.07 Å². The van der Waals surface area contributed by atoms with Crippen LogP contribution in [-0.2, 0) is 4.79 Å². The summed E-state index contributed by atoms with van der Waals surface area (Å²) in [5.41, 5.74) is 1.44. The van der Waals surface area contributed by atoms with E-state index in [1.807, 2.05) is 12.1 Å². The van der Waals surface area contributed by atoms with Crippen LogP contribution in [0, 0.1) is 11.3 Å². The van der Waals surface area contributed by atoms with Crippen LogP contribution in [-0.4, -0.2) is 11.1 Å². The number of nitriles is 1. The van der Waals surface area contributed by atoms with E-state index >= 15 is 0 Å². The largest absolute Gasteiger partial charge is 0.479 e. The highest BCUT2D eigenvalue weighted by Crippen LogP contribution is 2.27. The van der Waals surface area contributed by atoms with Crippen LogP contribution in [0.4, 0.5) is 5.69 Å². The minimum Gasteiger partial charge on any atom is -0.479 e. The molecule has 2 aromatic carbocycles. The lowest BCUT2D eigenvalue weighted by Crippen LogP contribution is -2.20. The number of hydrogen-bond acceptors (Lipinski definition) is 3. The molecule has 0 bridgehead atoms. The average Bonchev–Trinajstić information content (AvgIpc) is 2.47. The first-order chi connectivity index (χ1) is 9.61. The SMILES string of the molecule is N#Cc1ccc(Cl)c(NC(C(=O)O)c2ccccc2)c1. The monoisotopic (exact) mass is 286 g/mol. The molecule has 1 unspecified atom stereocenters. The minimum absolute atomic E-state index is 0.367. The van der Waals surface area contributed by atoms with Crippen molar-refractivity contribution in [2.24, 2.45) is 0 Å². The normalized spacial score (nSPS) is 11.4. The zero-order valence-corrected chi connectivity index (χ0v) is 11.1. The van der Waals surface area contributed by atoms with Crippen LogP contribution in [0.15, 0.2) is 48.5 Å². The summed E-state index contributed by atoms with van der Waals surface area (Å²) in [5.74, 6) is -1.02. The molecule has 0 aromatic heterocycles. The van der Waals surface area contributed by atoms with E-state index in [9.17, 15) is 9.90 Å². The van der Waals surface area contributed by atoms with E-state index in [2.05, 4.69) is 5.32 Å². The number of nitrogens with zero attached hydrogens (tertiary/aromatic N) is 1. The molecule has 2 rings (SSSR count). The number of rotatable bonds is 4. The van der Waals surface area contributed by atoms with Gasteiger partial charge in [0.25, 0.3) is 0 Å². The van der Waals surface area contributed by atoms with Crippen LogP contribution in [0.3, 0.4) is 0 Å². The third-order valence-electron chi connectivity index (χ3n) is 2.78. The molecular weight excluding hydrogens is 276 g/mol. The molecule has 0 amide bonds. The number of carboxylic acids is 1. The van der Waals surface area contributed by atoms with Crippen molar-refractivity contribution in [1.82, 2.24) is 0 Å². The summed E-state index contributed by atoms with van der Waals surface area (Å²) in [6.45, 7) is 0. The fourth-order valence-electron chi connectivity index (χ4n) is 1.79. The Morgan fingerprint density at radius 2 is 1.95 bits per heavy atom. The van der Waals surface area contributed by atoms with Crippen LogP contribution >= 0.6 is 11.6 Å². The first kappa shape index (κ1) is 13.9. The number of aliphatic carboxylic acids is 1. The van der Waals surface area contributed by atoms with Gasteiger partial charge >= 0.3 is 5.97 Å². The first-order valence-electron chi connectivity index (χ1n) is 5.86. The third-order valence-corrected chi connectivity index (χ3v) is 3.10. The molecule has 0 aliphatic rings. The van der Waals surface area contributed by atoms with Crippen molar-refractivity contribution in [2.75, 3.05) is 5.32 Å². The van der Waals surface area contributed by atoms with Gasteiger partial charge < -0.3 is 10.4 Å². The van der Waals surface area contributed by atoms with E-state index in [0.717, 1.165) is 0 Å². The molecule has 0 saturated carbocycles. The Kier molecular flexibility index (Phi) is 4.24. The Labute approximate surface area is 121 Å². The molecule has 0 heterocycles. The van der Waals surface area contributed by atoms with Crippen molar-refractivity contribution in [3.63, 3.8) is 0 Å². The predicted molar refractivity (Wildman–Crippen MR) is 76.6 cm³/mol. The average molecular weight is 287 g/mol. The topological polar surface area (TPSA) is 73.1 Å². The van der Waals surface area contributed by atoms with Gasteiger partial charge in [-0.25, -0.2) is 4.79 Å². The molecule has 5 heteroatoms. The molecule has 1 atom stereocenters. The van der Waals surface area contributed by atoms with Gasteiger partial charge in [0.05, 0.1) is 22.3 Å². The molecule has 0 aliphatic heterocycles. The summed E-state index contributed by atoms with van der Waals surface area (Å²) < 4.78 is 0. The number of halogens is 1. The van der Waals surface area contributed by atoms with E-state index in [0.29, 0.717) is 21.8 Å². The molecule has 4 nitrogen and oxygen atoms in total. The van der Waals surface area contributed by atoms with Gasteiger partial charge in [-0.3, -0.25) is 0 Å². The van der Waals surface area contributed by atoms with E-state index < -0.39 is 12.0 Å². The summed E-state index contributed by atoms with van der Waals surface area (Å²) in [7, 11) is 0. The third kappa shape index (κ3) is 3.08. The maximum atomic E-state index is 11.4. The number of hydrogen-bond donors (Lipinski definition) is 2. The zero-order valence-electron chi connectivity index (χ0n) is 10.4. The minimum atomic E-state index is -1.02. The summed E-state index contributed by atoms with van der Waals surface area (Å²) in [6, 6.07) is 14.5.